The number of rotatable bonds is 10. The van der Waals surface area contributed by atoms with Gasteiger partial charge in [0.05, 0.1) is 35.7 Å². The first-order valence-corrected chi connectivity index (χ1v) is 22.6. The molecule has 3 fully saturated rings. The van der Waals surface area contributed by atoms with Crippen molar-refractivity contribution in [1.82, 2.24) is 25.2 Å². The molecule has 322 valence electrons. The molecular formula is C43H59N5O10S. The highest BCUT2D eigenvalue weighted by atomic mass is 32.2. The van der Waals surface area contributed by atoms with Crippen LogP contribution < -0.4 is 24.8 Å². The van der Waals surface area contributed by atoms with Crippen LogP contribution in [0.1, 0.15) is 103 Å². The van der Waals surface area contributed by atoms with Crippen LogP contribution >= 0.6 is 0 Å². The average molecular weight is 838 g/mol. The maximum atomic E-state index is 14.9. The lowest BCUT2D eigenvalue weighted by Gasteiger charge is -2.48. The van der Waals surface area contributed by atoms with E-state index >= 15 is 0 Å². The highest BCUT2D eigenvalue weighted by molar-refractivity contribution is 7.91. The summed E-state index contributed by atoms with van der Waals surface area (Å²) >= 11 is 0. The first-order valence-electron chi connectivity index (χ1n) is 21.1. The number of allylic oxidation sites excluding steroid dienone is 1. The van der Waals surface area contributed by atoms with E-state index in [0.717, 1.165) is 29.3 Å². The van der Waals surface area contributed by atoms with Crippen molar-refractivity contribution in [3.05, 3.63) is 41.6 Å². The number of aromatic nitrogens is 1. The number of sulfonamides is 1. The van der Waals surface area contributed by atoms with Gasteiger partial charge in [-0.2, -0.15) is 0 Å². The molecular weight excluding hydrogens is 779 g/mol. The minimum Gasteiger partial charge on any atom is -0.491 e. The third kappa shape index (κ3) is 8.75. The quantitative estimate of drug-likeness (QED) is 0.221. The first kappa shape index (κ1) is 42.7. The van der Waals surface area contributed by atoms with Gasteiger partial charge in [-0.1, -0.05) is 38.8 Å². The molecule has 3 N–H and O–H groups in total. The standard InChI is InChI=1S/C43H59N5O10S/c1-27(2)25-57-40(52)45-34-12-10-8-6-7-9-11-29-15-18-43(29,39(51)47-59(53,54)41(4)19-20-41)46-37(49)35-24-42(26-48(35)38(34)50)17-16-31-32-23-30(56-22-21-55-5)13-14-33(32)44-28(3)36(31)58-42/h9,11,13-14,23,27,29,34-35H,6-8,10,12,15-22,24-26H2,1-5H3,(H,45,52)(H,46,49)(H,47,51). The van der Waals surface area contributed by atoms with E-state index in [9.17, 15) is 27.6 Å². The average Bonchev–Trinajstić information content (AvgIpc) is 3.86. The summed E-state index contributed by atoms with van der Waals surface area (Å²) in [6, 6.07) is 3.63. The summed E-state index contributed by atoms with van der Waals surface area (Å²) in [5.41, 5.74) is -0.149. The molecule has 1 saturated heterocycles. The molecule has 1 aromatic carbocycles. The molecule has 2 saturated carbocycles. The van der Waals surface area contributed by atoms with Gasteiger partial charge < -0.3 is 34.5 Å². The summed E-state index contributed by atoms with van der Waals surface area (Å²) in [6.45, 7) is 8.36. The zero-order valence-corrected chi connectivity index (χ0v) is 35.7. The topological polar surface area (TPSA) is 192 Å². The third-order valence-electron chi connectivity index (χ3n) is 12.8. The molecule has 59 heavy (non-hydrogen) atoms. The van der Waals surface area contributed by atoms with E-state index in [1.165, 1.54) is 4.90 Å². The molecule has 1 spiro atoms. The molecule has 15 nitrogen and oxygen atoms in total. The third-order valence-corrected chi connectivity index (χ3v) is 15.0. The highest BCUT2D eigenvalue weighted by Gasteiger charge is 2.59. The Labute approximate surface area is 346 Å². The summed E-state index contributed by atoms with van der Waals surface area (Å²) in [5, 5.41) is 6.70. The van der Waals surface area contributed by atoms with Gasteiger partial charge in [-0.05, 0) is 95.8 Å². The van der Waals surface area contributed by atoms with Gasteiger partial charge in [0.25, 0.3) is 5.91 Å². The Kier molecular flexibility index (Phi) is 12.2. The van der Waals surface area contributed by atoms with Gasteiger partial charge in [0.15, 0.2) is 0 Å². The van der Waals surface area contributed by atoms with E-state index in [2.05, 4.69) is 15.4 Å². The zero-order chi connectivity index (χ0) is 42.2. The van der Waals surface area contributed by atoms with E-state index < -0.39 is 67.7 Å². The summed E-state index contributed by atoms with van der Waals surface area (Å²) in [7, 11) is -2.40. The van der Waals surface area contributed by atoms with Crippen LogP contribution in [0.2, 0.25) is 0 Å². The number of amides is 4. The van der Waals surface area contributed by atoms with Crippen LogP contribution in [0.25, 0.3) is 10.9 Å². The fourth-order valence-corrected chi connectivity index (χ4v) is 10.1. The Hall–Kier alpha value is -4.44. The number of alkyl carbamates (subject to hydrolysis) is 1. The van der Waals surface area contributed by atoms with Crippen molar-refractivity contribution in [3.8, 4) is 11.5 Å². The molecule has 2 aromatic rings. The van der Waals surface area contributed by atoms with Crippen molar-refractivity contribution >= 4 is 44.7 Å². The highest BCUT2D eigenvalue weighted by Crippen LogP contribution is 2.47. The lowest BCUT2D eigenvalue weighted by molar-refractivity contribution is -0.144. The number of benzene rings is 1. The van der Waals surface area contributed by atoms with Crippen molar-refractivity contribution in [2.24, 2.45) is 11.8 Å². The summed E-state index contributed by atoms with van der Waals surface area (Å²) < 4.78 is 51.4. The number of nitrogens with one attached hydrogen (secondary N) is 3. The van der Waals surface area contributed by atoms with E-state index in [1.54, 1.807) is 14.0 Å². The van der Waals surface area contributed by atoms with Crippen molar-refractivity contribution in [1.29, 1.82) is 0 Å². The molecule has 5 aliphatic rings. The molecule has 5 atom stereocenters. The predicted molar refractivity (Wildman–Crippen MR) is 219 cm³/mol. The van der Waals surface area contributed by atoms with Crippen LogP contribution in [0.5, 0.6) is 11.5 Å². The minimum absolute atomic E-state index is 0.0372. The normalized spacial score (nSPS) is 27.9. The van der Waals surface area contributed by atoms with Gasteiger partial charge in [-0.15, -0.1) is 0 Å². The van der Waals surface area contributed by atoms with E-state index in [4.69, 9.17) is 23.9 Å². The molecule has 1 aromatic heterocycles. The van der Waals surface area contributed by atoms with E-state index in [0.29, 0.717) is 81.8 Å². The molecule has 0 bridgehead atoms. The molecule has 16 heteroatoms. The van der Waals surface area contributed by atoms with E-state index in [1.807, 2.05) is 51.1 Å². The number of ether oxygens (including phenoxy) is 4. The van der Waals surface area contributed by atoms with Gasteiger partial charge in [0.2, 0.25) is 21.8 Å². The van der Waals surface area contributed by atoms with Crippen LogP contribution in [0.4, 0.5) is 4.79 Å². The van der Waals surface area contributed by atoms with Crippen LogP contribution in [0.3, 0.4) is 0 Å². The van der Waals surface area contributed by atoms with Gasteiger partial charge in [-0.3, -0.25) is 19.1 Å². The summed E-state index contributed by atoms with van der Waals surface area (Å²) in [5.74, 6) is -0.930. The smallest absolute Gasteiger partial charge is 0.407 e. The monoisotopic (exact) mass is 837 g/mol. The second-order valence-electron chi connectivity index (χ2n) is 17.7. The van der Waals surface area contributed by atoms with Crippen molar-refractivity contribution < 1.29 is 46.5 Å². The maximum absolute atomic E-state index is 14.9. The molecule has 4 heterocycles. The largest absolute Gasteiger partial charge is 0.491 e. The second-order valence-corrected chi connectivity index (χ2v) is 19.9. The Bertz CT molecular complexity index is 2100. The number of aryl methyl sites for hydroxylation is 2. The Morgan fingerprint density at radius 2 is 1.88 bits per heavy atom. The first-order chi connectivity index (χ1) is 28.1. The number of methoxy groups -OCH3 is 1. The van der Waals surface area contributed by atoms with Gasteiger partial charge >= 0.3 is 6.09 Å². The Balaban J connectivity index is 1.23. The Morgan fingerprint density at radius 3 is 2.59 bits per heavy atom. The molecule has 4 amide bonds. The van der Waals surface area contributed by atoms with Crippen LogP contribution in [0.15, 0.2) is 30.4 Å². The number of carbonyl (C=O) groups excluding carboxylic acids is 4. The molecule has 3 aliphatic heterocycles. The fraction of sp³-hybridized carbons (Fsp3) is 0.651. The second kappa shape index (κ2) is 16.9. The molecule has 2 aliphatic carbocycles. The lowest BCUT2D eigenvalue weighted by atomic mass is 9.65. The van der Waals surface area contributed by atoms with Gasteiger partial charge in [0, 0.05) is 30.4 Å². The summed E-state index contributed by atoms with van der Waals surface area (Å²) in [6.07, 6.45) is 9.22. The fourth-order valence-electron chi connectivity index (χ4n) is 8.80. The SMILES string of the molecule is COCCOc1ccc2nc(C)c3c(c2c1)CCC1(CC2C(=O)NC4(C(=O)NS(=O)(=O)C5(C)CC5)CCC4C=CCCCCCC(NC(=O)OCC(C)C)C(=O)N2C1)O3. The Morgan fingerprint density at radius 1 is 1.08 bits per heavy atom. The zero-order valence-electron chi connectivity index (χ0n) is 34.9. The van der Waals surface area contributed by atoms with Crippen LogP contribution in [0, 0.1) is 18.8 Å². The number of nitrogens with zero attached hydrogens (tertiary/aromatic N) is 2. The molecule has 0 radical (unpaired) electrons. The number of fused-ring (bicyclic) bond motifs is 5. The minimum atomic E-state index is -4.01. The lowest BCUT2D eigenvalue weighted by Crippen LogP contribution is -2.70. The van der Waals surface area contributed by atoms with Crippen molar-refractivity contribution in [2.75, 3.05) is 33.5 Å². The van der Waals surface area contributed by atoms with Crippen molar-refractivity contribution in [2.45, 2.75) is 133 Å². The maximum Gasteiger partial charge on any atom is 0.407 e. The molecule has 7 rings (SSSR count). The molecule has 5 unspecified atom stereocenters. The van der Waals surface area contributed by atoms with Gasteiger partial charge in [0.1, 0.15) is 41.3 Å². The number of pyridine rings is 1. The number of carbonyl (C=O) groups is 4. The van der Waals surface area contributed by atoms with Crippen LogP contribution in [-0.4, -0.2) is 104 Å². The predicted octanol–water partition coefficient (Wildman–Crippen LogP) is 4.77. The van der Waals surface area contributed by atoms with Crippen LogP contribution in [-0.2, 0) is 40.3 Å². The number of hydrogen-bond donors (Lipinski definition) is 3. The number of hydrogen-bond acceptors (Lipinski definition) is 11. The summed E-state index contributed by atoms with van der Waals surface area (Å²) in [4.78, 5) is 63.3. The van der Waals surface area contributed by atoms with Gasteiger partial charge in [-0.25, -0.2) is 18.2 Å². The van der Waals surface area contributed by atoms with Crippen molar-refractivity contribution in [3.63, 3.8) is 0 Å². The van der Waals surface area contributed by atoms with E-state index in [-0.39, 0.29) is 31.9 Å².